The number of aliphatic carboxylic acids is 1. The summed E-state index contributed by atoms with van der Waals surface area (Å²) in [6, 6.07) is 15.0. The highest BCUT2D eigenvalue weighted by atomic mass is 16.5. The SMILES string of the molecule is O=C(CCCNC(=O)OCC1c2ccccc2-c2ccccc21)NC(CCO)C(=O)O. The molecule has 0 fully saturated rings. The van der Waals surface area contributed by atoms with E-state index in [0.29, 0.717) is 6.42 Å². The maximum absolute atomic E-state index is 12.1. The Bertz CT molecular complexity index is 900. The van der Waals surface area contributed by atoms with Gasteiger partial charge in [0.25, 0.3) is 0 Å². The van der Waals surface area contributed by atoms with Crippen LogP contribution in [0.3, 0.4) is 0 Å². The lowest BCUT2D eigenvalue weighted by Gasteiger charge is -2.15. The molecule has 1 atom stereocenters. The van der Waals surface area contributed by atoms with E-state index in [1.165, 1.54) is 0 Å². The zero-order chi connectivity index (χ0) is 22.2. The number of fused-ring (bicyclic) bond motifs is 3. The van der Waals surface area contributed by atoms with Crippen molar-refractivity contribution in [3.8, 4) is 11.1 Å². The van der Waals surface area contributed by atoms with Gasteiger partial charge in [0, 0.05) is 31.9 Å². The molecule has 2 aromatic rings. The number of alkyl carbamates (subject to hydrolysis) is 1. The van der Waals surface area contributed by atoms with Crippen molar-refractivity contribution in [1.82, 2.24) is 10.6 Å². The monoisotopic (exact) mass is 426 g/mol. The van der Waals surface area contributed by atoms with Crippen molar-refractivity contribution in [1.29, 1.82) is 0 Å². The van der Waals surface area contributed by atoms with E-state index in [1.54, 1.807) is 0 Å². The zero-order valence-corrected chi connectivity index (χ0v) is 17.0. The summed E-state index contributed by atoms with van der Waals surface area (Å²) in [6.07, 6.45) is -0.231. The Hall–Kier alpha value is -3.39. The summed E-state index contributed by atoms with van der Waals surface area (Å²) in [7, 11) is 0. The normalized spacial score (nSPS) is 13.1. The van der Waals surface area contributed by atoms with E-state index in [-0.39, 0.29) is 38.5 Å². The summed E-state index contributed by atoms with van der Waals surface area (Å²) >= 11 is 0. The molecule has 2 amide bonds. The molecular weight excluding hydrogens is 400 g/mol. The number of benzene rings is 2. The summed E-state index contributed by atoms with van der Waals surface area (Å²) in [4.78, 5) is 34.9. The van der Waals surface area contributed by atoms with Crippen molar-refractivity contribution in [3.63, 3.8) is 0 Å². The predicted octanol–water partition coefficient (Wildman–Crippen LogP) is 2.26. The van der Waals surface area contributed by atoms with Crippen LogP contribution >= 0.6 is 0 Å². The number of carboxylic acid groups (broad SMARTS) is 1. The summed E-state index contributed by atoms with van der Waals surface area (Å²) in [5.41, 5.74) is 4.56. The number of carbonyl (C=O) groups excluding carboxylic acids is 2. The third kappa shape index (κ3) is 5.61. The van der Waals surface area contributed by atoms with Crippen molar-refractivity contribution in [2.24, 2.45) is 0 Å². The van der Waals surface area contributed by atoms with Crippen LogP contribution < -0.4 is 10.6 Å². The standard InChI is InChI=1S/C23H26N2O6/c26-13-11-20(22(28)29)25-21(27)10-5-12-24-23(30)31-14-19-17-8-3-1-6-15(17)16-7-2-4-9-18(16)19/h1-4,6-9,19-20,26H,5,10-14H2,(H,24,30)(H,25,27)(H,28,29). The molecule has 0 saturated heterocycles. The number of amides is 2. The molecule has 0 saturated carbocycles. The molecule has 8 heteroatoms. The Kier molecular flexibility index (Phi) is 7.61. The van der Waals surface area contributed by atoms with Crippen LogP contribution in [0.5, 0.6) is 0 Å². The third-order valence-corrected chi connectivity index (χ3v) is 5.24. The van der Waals surface area contributed by atoms with Gasteiger partial charge in [-0.1, -0.05) is 48.5 Å². The van der Waals surface area contributed by atoms with E-state index >= 15 is 0 Å². The fourth-order valence-corrected chi connectivity index (χ4v) is 3.74. The Morgan fingerprint density at radius 3 is 2.19 bits per heavy atom. The van der Waals surface area contributed by atoms with Crippen molar-refractivity contribution in [2.75, 3.05) is 19.8 Å². The van der Waals surface area contributed by atoms with Crippen LogP contribution in [0, 0.1) is 0 Å². The van der Waals surface area contributed by atoms with Gasteiger partial charge in [-0.05, 0) is 28.7 Å². The second-order valence-electron chi connectivity index (χ2n) is 7.33. The van der Waals surface area contributed by atoms with Gasteiger partial charge in [-0.2, -0.15) is 0 Å². The van der Waals surface area contributed by atoms with Crippen molar-refractivity contribution in [3.05, 3.63) is 59.7 Å². The minimum atomic E-state index is -1.20. The van der Waals surface area contributed by atoms with E-state index in [0.717, 1.165) is 22.3 Å². The van der Waals surface area contributed by atoms with Crippen LogP contribution in [0.4, 0.5) is 4.79 Å². The molecule has 0 radical (unpaired) electrons. The van der Waals surface area contributed by atoms with Gasteiger partial charge in [-0.3, -0.25) is 4.79 Å². The molecule has 1 unspecified atom stereocenters. The molecule has 3 rings (SSSR count). The molecular formula is C23H26N2O6. The number of aliphatic hydroxyl groups is 1. The third-order valence-electron chi connectivity index (χ3n) is 5.24. The first-order valence-corrected chi connectivity index (χ1v) is 10.2. The van der Waals surface area contributed by atoms with Gasteiger partial charge in [-0.25, -0.2) is 9.59 Å². The molecule has 4 N–H and O–H groups in total. The smallest absolute Gasteiger partial charge is 0.407 e. The van der Waals surface area contributed by atoms with Crippen LogP contribution in [0.15, 0.2) is 48.5 Å². The van der Waals surface area contributed by atoms with Crippen LogP contribution in [-0.2, 0) is 14.3 Å². The zero-order valence-electron chi connectivity index (χ0n) is 17.0. The lowest BCUT2D eigenvalue weighted by molar-refractivity contribution is -0.142. The van der Waals surface area contributed by atoms with Gasteiger partial charge in [0.05, 0.1) is 0 Å². The van der Waals surface area contributed by atoms with Gasteiger partial charge in [0.1, 0.15) is 12.6 Å². The predicted molar refractivity (Wildman–Crippen MR) is 114 cm³/mol. The molecule has 31 heavy (non-hydrogen) atoms. The number of hydrogen-bond acceptors (Lipinski definition) is 5. The summed E-state index contributed by atoms with van der Waals surface area (Å²) in [6.45, 7) is 0.101. The Morgan fingerprint density at radius 1 is 1.00 bits per heavy atom. The molecule has 164 valence electrons. The first-order chi connectivity index (χ1) is 15.0. The Balaban J connectivity index is 1.42. The van der Waals surface area contributed by atoms with E-state index in [9.17, 15) is 14.4 Å². The van der Waals surface area contributed by atoms with Gasteiger partial charge < -0.3 is 25.6 Å². The minimum absolute atomic E-state index is 0.0246. The largest absolute Gasteiger partial charge is 0.480 e. The summed E-state index contributed by atoms with van der Waals surface area (Å²) in [5, 5.41) is 22.8. The minimum Gasteiger partial charge on any atom is -0.480 e. The first-order valence-electron chi connectivity index (χ1n) is 10.2. The number of rotatable bonds is 10. The topological polar surface area (TPSA) is 125 Å². The summed E-state index contributed by atoms with van der Waals surface area (Å²) in [5.74, 6) is -1.67. The number of hydrogen-bond donors (Lipinski definition) is 4. The van der Waals surface area contributed by atoms with E-state index < -0.39 is 24.0 Å². The maximum atomic E-state index is 12.1. The number of carbonyl (C=O) groups is 3. The molecule has 0 aromatic heterocycles. The second kappa shape index (κ2) is 10.6. The average molecular weight is 426 g/mol. The molecule has 1 aliphatic rings. The molecule has 0 heterocycles. The number of nitrogens with one attached hydrogen (secondary N) is 2. The quantitative estimate of drug-likeness (QED) is 0.432. The maximum Gasteiger partial charge on any atom is 0.407 e. The molecule has 8 nitrogen and oxygen atoms in total. The highest BCUT2D eigenvalue weighted by Crippen LogP contribution is 2.44. The number of carboxylic acids is 1. The Labute approximate surface area is 180 Å². The molecule has 0 spiro atoms. The van der Waals surface area contributed by atoms with Gasteiger partial charge in [0.15, 0.2) is 0 Å². The fourth-order valence-electron chi connectivity index (χ4n) is 3.74. The van der Waals surface area contributed by atoms with Crippen LogP contribution in [0.2, 0.25) is 0 Å². The van der Waals surface area contributed by atoms with Gasteiger partial charge in [-0.15, -0.1) is 0 Å². The van der Waals surface area contributed by atoms with E-state index in [4.69, 9.17) is 14.9 Å². The second-order valence-corrected chi connectivity index (χ2v) is 7.33. The number of aliphatic hydroxyl groups excluding tert-OH is 1. The van der Waals surface area contributed by atoms with Crippen molar-refractivity contribution >= 4 is 18.0 Å². The highest BCUT2D eigenvalue weighted by Gasteiger charge is 2.29. The highest BCUT2D eigenvalue weighted by molar-refractivity contribution is 5.83. The molecule has 2 aromatic carbocycles. The molecule has 1 aliphatic carbocycles. The number of ether oxygens (including phenoxy) is 1. The average Bonchev–Trinajstić information content (AvgIpc) is 3.09. The lowest BCUT2D eigenvalue weighted by Crippen LogP contribution is -2.41. The van der Waals surface area contributed by atoms with E-state index in [1.807, 2.05) is 36.4 Å². The fraction of sp³-hybridized carbons (Fsp3) is 0.348. The summed E-state index contributed by atoms with van der Waals surface area (Å²) < 4.78 is 5.42. The molecule has 0 bridgehead atoms. The van der Waals surface area contributed by atoms with Crippen molar-refractivity contribution < 1.29 is 29.3 Å². The first kappa shape index (κ1) is 22.3. The van der Waals surface area contributed by atoms with Gasteiger partial charge >= 0.3 is 12.1 Å². The van der Waals surface area contributed by atoms with E-state index in [2.05, 4.69) is 22.8 Å². The Morgan fingerprint density at radius 2 is 1.61 bits per heavy atom. The lowest BCUT2D eigenvalue weighted by atomic mass is 9.98. The molecule has 0 aliphatic heterocycles. The van der Waals surface area contributed by atoms with Crippen molar-refractivity contribution in [2.45, 2.75) is 31.2 Å². The van der Waals surface area contributed by atoms with Crippen LogP contribution in [0.1, 0.15) is 36.3 Å². The van der Waals surface area contributed by atoms with Gasteiger partial charge in [0.2, 0.25) is 5.91 Å². The van der Waals surface area contributed by atoms with Crippen LogP contribution in [0.25, 0.3) is 11.1 Å². The van der Waals surface area contributed by atoms with Crippen LogP contribution in [-0.4, -0.2) is 54.0 Å².